The van der Waals surface area contributed by atoms with Crippen LogP contribution in [0.15, 0.2) is 18.3 Å². The van der Waals surface area contributed by atoms with E-state index in [0.29, 0.717) is 10.7 Å². The highest BCUT2D eigenvalue weighted by molar-refractivity contribution is 6.30. The summed E-state index contributed by atoms with van der Waals surface area (Å²) < 4.78 is 9.80. The third-order valence-corrected chi connectivity index (χ3v) is 2.60. The summed E-state index contributed by atoms with van der Waals surface area (Å²) in [6.45, 7) is 5.21. The van der Waals surface area contributed by atoms with Crippen LogP contribution in [0, 0.1) is 0 Å². The van der Waals surface area contributed by atoms with E-state index in [1.54, 1.807) is 32.9 Å². The van der Waals surface area contributed by atoms with Crippen LogP contribution in [0.4, 0.5) is 4.79 Å². The first kappa shape index (κ1) is 17.2. The van der Waals surface area contributed by atoms with Crippen LogP contribution in [0.2, 0.25) is 5.02 Å². The van der Waals surface area contributed by atoms with Crippen molar-refractivity contribution in [1.82, 2.24) is 10.3 Å². The molecular formula is C14H19ClN2O4. The molecule has 1 aromatic heterocycles. The van der Waals surface area contributed by atoms with Gasteiger partial charge in [0, 0.05) is 18.3 Å². The van der Waals surface area contributed by atoms with E-state index in [-0.39, 0.29) is 6.42 Å². The van der Waals surface area contributed by atoms with Crippen molar-refractivity contribution >= 4 is 23.7 Å². The third-order valence-electron chi connectivity index (χ3n) is 2.38. The largest absolute Gasteiger partial charge is 0.467 e. The SMILES string of the molecule is COC(=O)[C@H](Cc1ccc(Cl)cn1)NC(=O)OC(C)(C)C. The van der Waals surface area contributed by atoms with E-state index in [1.807, 2.05) is 0 Å². The van der Waals surface area contributed by atoms with Gasteiger partial charge in [-0.25, -0.2) is 9.59 Å². The molecule has 1 rings (SSSR count). The van der Waals surface area contributed by atoms with Gasteiger partial charge in [0.25, 0.3) is 0 Å². The first-order chi connectivity index (χ1) is 9.71. The van der Waals surface area contributed by atoms with Crippen LogP contribution in [0.25, 0.3) is 0 Å². The van der Waals surface area contributed by atoms with Gasteiger partial charge in [-0.3, -0.25) is 4.98 Å². The Hall–Kier alpha value is -1.82. The maximum atomic E-state index is 11.8. The molecule has 1 aromatic rings. The summed E-state index contributed by atoms with van der Waals surface area (Å²) in [5.41, 5.74) is -0.0469. The number of methoxy groups -OCH3 is 1. The average Bonchev–Trinajstić information content (AvgIpc) is 2.37. The van der Waals surface area contributed by atoms with Gasteiger partial charge < -0.3 is 14.8 Å². The lowest BCUT2D eigenvalue weighted by Crippen LogP contribution is -2.45. The molecule has 1 amide bonds. The first-order valence-corrected chi connectivity index (χ1v) is 6.77. The van der Waals surface area contributed by atoms with Gasteiger partial charge in [-0.2, -0.15) is 0 Å². The fourth-order valence-electron chi connectivity index (χ4n) is 1.52. The van der Waals surface area contributed by atoms with Crippen molar-refractivity contribution in [3.8, 4) is 0 Å². The van der Waals surface area contributed by atoms with Crippen molar-refractivity contribution in [3.05, 3.63) is 29.0 Å². The molecule has 6 nitrogen and oxygen atoms in total. The Balaban J connectivity index is 2.74. The maximum absolute atomic E-state index is 11.8. The van der Waals surface area contributed by atoms with Crippen LogP contribution in [0.5, 0.6) is 0 Å². The zero-order valence-electron chi connectivity index (χ0n) is 12.5. The minimum absolute atomic E-state index is 0.184. The molecule has 1 N–H and O–H groups in total. The maximum Gasteiger partial charge on any atom is 0.408 e. The number of amides is 1. The molecule has 0 bridgehead atoms. The lowest BCUT2D eigenvalue weighted by molar-refractivity contribution is -0.143. The molecule has 0 radical (unpaired) electrons. The van der Waals surface area contributed by atoms with Crippen molar-refractivity contribution in [2.45, 2.75) is 38.8 Å². The molecule has 0 saturated carbocycles. The van der Waals surface area contributed by atoms with Crippen LogP contribution >= 0.6 is 11.6 Å². The fourth-order valence-corrected chi connectivity index (χ4v) is 1.63. The minimum Gasteiger partial charge on any atom is -0.467 e. The van der Waals surface area contributed by atoms with Gasteiger partial charge in [-0.05, 0) is 32.9 Å². The molecule has 0 aromatic carbocycles. The number of nitrogens with zero attached hydrogens (tertiary/aromatic N) is 1. The number of rotatable bonds is 4. The number of alkyl carbamates (subject to hydrolysis) is 1. The smallest absolute Gasteiger partial charge is 0.408 e. The average molecular weight is 315 g/mol. The van der Waals surface area contributed by atoms with Gasteiger partial charge in [-0.15, -0.1) is 0 Å². The highest BCUT2D eigenvalue weighted by Gasteiger charge is 2.25. The Labute approximate surface area is 128 Å². The summed E-state index contributed by atoms with van der Waals surface area (Å²) in [5.74, 6) is -0.572. The molecule has 0 saturated heterocycles. The summed E-state index contributed by atoms with van der Waals surface area (Å²) in [7, 11) is 1.25. The molecule has 7 heteroatoms. The van der Waals surface area contributed by atoms with Gasteiger partial charge in [0.15, 0.2) is 0 Å². The summed E-state index contributed by atoms with van der Waals surface area (Å²) in [5, 5.41) is 2.97. The summed E-state index contributed by atoms with van der Waals surface area (Å²) in [6.07, 6.45) is 0.966. The second-order valence-corrected chi connectivity index (χ2v) is 5.83. The van der Waals surface area contributed by atoms with Gasteiger partial charge in [0.2, 0.25) is 0 Å². The Morgan fingerprint density at radius 3 is 2.52 bits per heavy atom. The van der Waals surface area contributed by atoms with E-state index in [1.165, 1.54) is 13.3 Å². The van der Waals surface area contributed by atoms with Crippen molar-refractivity contribution in [2.24, 2.45) is 0 Å². The minimum atomic E-state index is -0.876. The summed E-state index contributed by atoms with van der Waals surface area (Å²) in [6, 6.07) is 2.46. The number of hydrogen-bond acceptors (Lipinski definition) is 5. The van der Waals surface area contributed by atoms with Crippen molar-refractivity contribution in [3.63, 3.8) is 0 Å². The van der Waals surface area contributed by atoms with E-state index in [2.05, 4.69) is 15.0 Å². The topological polar surface area (TPSA) is 77.5 Å². The molecule has 1 atom stereocenters. The summed E-state index contributed by atoms with van der Waals surface area (Å²) in [4.78, 5) is 27.6. The summed E-state index contributed by atoms with van der Waals surface area (Å²) >= 11 is 5.75. The van der Waals surface area contributed by atoms with Crippen LogP contribution < -0.4 is 5.32 Å². The van der Waals surface area contributed by atoms with E-state index in [0.717, 1.165) is 0 Å². The molecule has 0 fully saturated rings. The molecule has 0 unspecified atom stereocenters. The predicted molar refractivity (Wildman–Crippen MR) is 78.1 cm³/mol. The van der Waals surface area contributed by atoms with E-state index in [9.17, 15) is 9.59 Å². The second-order valence-electron chi connectivity index (χ2n) is 5.39. The third kappa shape index (κ3) is 6.44. The Bertz CT molecular complexity index is 497. The van der Waals surface area contributed by atoms with Crippen molar-refractivity contribution in [1.29, 1.82) is 0 Å². The molecule has 0 aliphatic rings. The zero-order chi connectivity index (χ0) is 16.0. The van der Waals surface area contributed by atoms with Gasteiger partial charge >= 0.3 is 12.1 Å². The highest BCUT2D eigenvalue weighted by atomic mass is 35.5. The van der Waals surface area contributed by atoms with E-state index in [4.69, 9.17) is 16.3 Å². The number of nitrogens with one attached hydrogen (secondary N) is 1. The van der Waals surface area contributed by atoms with Crippen LogP contribution in [0.1, 0.15) is 26.5 Å². The zero-order valence-corrected chi connectivity index (χ0v) is 13.2. The quantitative estimate of drug-likeness (QED) is 0.863. The van der Waals surface area contributed by atoms with Crippen LogP contribution in [-0.2, 0) is 20.7 Å². The standard InChI is InChI=1S/C14H19ClN2O4/c1-14(2,3)21-13(19)17-11(12(18)20-4)7-10-6-5-9(15)8-16-10/h5-6,8,11H,7H2,1-4H3,(H,17,19)/t11-/m0/s1. The number of esters is 1. The Kier molecular flexibility index (Phi) is 5.96. The number of pyridine rings is 1. The van der Waals surface area contributed by atoms with Crippen molar-refractivity contribution in [2.75, 3.05) is 7.11 Å². The van der Waals surface area contributed by atoms with Gasteiger partial charge in [-0.1, -0.05) is 11.6 Å². The van der Waals surface area contributed by atoms with Crippen LogP contribution in [-0.4, -0.2) is 35.8 Å². The molecular weight excluding hydrogens is 296 g/mol. The number of carbonyl (C=O) groups is 2. The molecule has 116 valence electrons. The molecule has 1 heterocycles. The molecule has 0 aliphatic heterocycles. The Morgan fingerprint density at radius 2 is 2.05 bits per heavy atom. The van der Waals surface area contributed by atoms with E-state index >= 15 is 0 Å². The molecule has 0 aliphatic carbocycles. The normalized spacial score (nSPS) is 12.4. The van der Waals surface area contributed by atoms with Gasteiger partial charge in [0.1, 0.15) is 11.6 Å². The number of aromatic nitrogens is 1. The van der Waals surface area contributed by atoms with Gasteiger partial charge in [0.05, 0.1) is 12.1 Å². The van der Waals surface area contributed by atoms with Crippen LogP contribution in [0.3, 0.4) is 0 Å². The number of ether oxygens (including phenoxy) is 2. The fraction of sp³-hybridized carbons (Fsp3) is 0.500. The van der Waals surface area contributed by atoms with Crippen molar-refractivity contribution < 1.29 is 19.1 Å². The number of halogens is 1. The molecule has 21 heavy (non-hydrogen) atoms. The highest BCUT2D eigenvalue weighted by Crippen LogP contribution is 2.10. The first-order valence-electron chi connectivity index (χ1n) is 6.39. The molecule has 0 spiro atoms. The number of carbonyl (C=O) groups excluding carboxylic acids is 2. The monoisotopic (exact) mass is 314 g/mol. The lowest BCUT2D eigenvalue weighted by atomic mass is 10.1. The number of hydrogen-bond donors (Lipinski definition) is 1. The second kappa shape index (κ2) is 7.26. The van der Waals surface area contributed by atoms with E-state index < -0.39 is 23.7 Å². The predicted octanol–water partition coefficient (Wildman–Crippen LogP) is 2.34. The lowest BCUT2D eigenvalue weighted by Gasteiger charge is -2.22. The Morgan fingerprint density at radius 1 is 1.38 bits per heavy atom.